The minimum atomic E-state index is -0.329. The molecule has 0 unspecified atom stereocenters. The van der Waals surface area contributed by atoms with Gasteiger partial charge in [0.15, 0.2) is 0 Å². The Kier molecular flexibility index (Phi) is 4.49. The lowest BCUT2D eigenvalue weighted by molar-refractivity contribution is 0.251. The van der Waals surface area contributed by atoms with Crippen LogP contribution in [-0.4, -0.2) is 22.4 Å². The highest BCUT2D eigenvalue weighted by atomic mass is 19.1. The maximum Gasteiger partial charge on any atom is 0.319 e. The van der Waals surface area contributed by atoms with E-state index in [0.29, 0.717) is 12.2 Å². The third kappa shape index (κ3) is 4.42. The standard InChI is InChI=1S/C13H15FN4O/c14-11-3-5-12(6-4-11)17-13(19)15-7-1-9-18-10-2-8-16-18/h2-6,8,10H,1,7,9H2,(H2,15,17,19). The zero-order valence-electron chi connectivity index (χ0n) is 10.3. The van der Waals surface area contributed by atoms with E-state index in [9.17, 15) is 9.18 Å². The topological polar surface area (TPSA) is 59.0 Å². The smallest absolute Gasteiger partial charge is 0.319 e. The van der Waals surface area contributed by atoms with Gasteiger partial charge in [0.05, 0.1) is 0 Å². The van der Waals surface area contributed by atoms with Gasteiger partial charge < -0.3 is 10.6 Å². The molecule has 2 N–H and O–H groups in total. The summed E-state index contributed by atoms with van der Waals surface area (Å²) in [6.07, 6.45) is 4.38. The fourth-order valence-electron chi connectivity index (χ4n) is 1.58. The highest BCUT2D eigenvalue weighted by Gasteiger charge is 2.01. The number of anilines is 1. The molecule has 2 rings (SSSR count). The Balaban J connectivity index is 1.65. The first-order valence-corrected chi connectivity index (χ1v) is 6.02. The number of rotatable bonds is 5. The number of aryl methyl sites for hydroxylation is 1. The Morgan fingerprint density at radius 1 is 1.32 bits per heavy atom. The molecule has 6 heteroatoms. The van der Waals surface area contributed by atoms with Gasteiger partial charge in [-0.2, -0.15) is 5.10 Å². The van der Waals surface area contributed by atoms with Crippen LogP contribution in [0.4, 0.5) is 14.9 Å². The molecule has 0 radical (unpaired) electrons. The first-order valence-electron chi connectivity index (χ1n) is 6.02. The number of hydrogen-bond donors (Lipinski definition) is 2. The van der Waals surface area contributed by atoms with Crippen molar-refractivity contribution in [1.82, 2.24) is 15.1 Å². The Hall–Kier alpha value is -2.37. The molecular formula is C13H15FN4O. The number of hydrogen-bond acceptors (Lipinski definition) is 2. The quantitative estimate of drug-likeness (QED) is 0.812. The van der Waals surface area contributed by atoms with Crippen molar-refractivity contribution in [2.45, 2.75) is 13.0 Å². The molecular weight excluding hydrogens is 247 g/mol. The minimum absolute atomic E-state index is 0.299. The first-order chi connectivity index (χ1) is 9.24. The van der Waals surface area contributed by atoms with Crippen LogP contribution in [0.2, 0.25) is 0 Å². The van der Waals surface area contributed by atoms with Crippen molar-refractivity contribution in [2.75, 3.05) is 11.9 Å². The molecule has 0 aliphatic heterocycles. The van der Waals surface area contributed by atoms with Gasteiger partial charge >= 0.3 is 6.03 Å². The normalized spacial score (nSPS) is 10.2. The summed E-state index contributed by atoms with van der Waals surface area (Å²) in [4.78, 5) is 11.5. The Morgan fingerprint density at radius 3 is 2.79 bits per heavy atom. The number of carbonyl (C=O) groups is 1. The van der Waals surface area contributed by atoms with Crippen LogP contribution in [0.1, 0.15) is 6.42 Å². The summed E-state index contributed by atoms with van der Waals surface area (Å²) in [6, 6.07) is 7.18. The van der Waals surface area contributed by atoms with Gasteiger partial charge in [0.1, 0.15) is 5.82 Å². The molecule has 0 fully saturated rings. The van der Waals surface area contributed by atoms with Gasteiger partial charge in [-0.1, -0.05) is 0 Å². The Morgan fingerprint density at radius 2 is 2.11 bits per heavy atom. The van der Waals surface area contributed by atoms with Crippen LogP contribution >= 0.6 is 0 Å². The van der Waals surface area contributed by atoms with Crippen molar-refractivity contribution < 1.29 is 9.18 Å². The summed E-state index contributed by atoms with van der Waals surface area (Å²) >= 11 is 0. The van der Waals surface area contributed by atoms with Crippen LogP contribution in [0.15, 0.2) is 42.7 Å². The van der Waals surface area contributed by atoms with Crippen LogP contribution in [-0.2, 0) is 6.54 Å². The zero-order valence-corrected chi connectivity index (χ0v) is 10.3. The van der Waals surface area contributed by atoms with Gasteiger partial charge in [0.25, 0.3) is 0 Å². The molecule has 19 heavy (non-hydrogen) atoms. The van der Waals surface area contributed by atoms with E-state index in [1.807, 2.05) is 12.3 Å². The second-order valence-electron chi connectivity index (χ2n) is 4.01. The molecule has 100 valence electrons. The molecule has 1 aromatic heterocycles. The van der Waals surface area contributed by atoms with Crippen LogP contribution in [0.5, 0.6) is 0 Å². The average Bonchev–Trinajstić information content (AvgIpc) is 2.91. The molecule has 1 heterocycles. The van der Waals surface area contributed by atoms with Crippen molar-refractivity contribution in [3.63, 3.8) is 0 Å². The van der Waals surface area contributed by atoms with E-state index in [-0.39, 0.29) is 11.8 Å². The predicted molar refractivity (Wildman–Crippen MR) is 70.3 cm³/mol. The van der Waals surface area contributed by atoms with Gasteiger partial charge in [0, 0.05) is 31.2 Å². The second-order valence-corrected chi connectivity index (χ2v) is 4.01. The molecule has 2 amide bonds. The molecule has 1 aromatic carbocycles. The Labute approximate surface area is 110 Å². The van der Waals surface area contributed by atoms with E-state index in [4.69, 9.17) is 0 Å². The number of urea groups is 1. The van der Waals surface area contributed by atoms with E-state index in [1.54, 1.807) is 10.9 Å². The summed E-state index contributed by atoms with van der Waals surface area (Å²) in [6.45, 7) is 1.30. The van der Waals surface area contributed by atoms with Crippen LogP contribution < -0.4 is 10.6 Å². The van der Waals surface area contributed by atoms with Crippen molar-refractivity contribution in [1.29, 1.82) is 0 Å². The molecule has 0 atom stereocenters. The minimum Gasteiger partial charge on any atom is -0.338 e. The number of carbonyl (C=O) groups excluding carboxylic acids is 1. The summed E-state index contributed by atoms with van der Waals surface area (Å²) in [5.74, 6) is -0.329. The predicted octanol–water partition coefficient (Wildman–Crippen LogP) is 2.23. The Bertz CT molecular complexity index is 510. The molecule has 5 nitrogen and oxygen atoms in total. The third-order valence-electron chi connectivity index (χ3n) is 2.51. The first kappa shape index (κ1) is 13.1. The van der Waals surface area contributed by atoms with Crippen LogP contribution in [0.3, 0.4) is 0 Å². The number of nitrogens with one attached hydrogen (secondary N) is 2. The fourth-order valence-corrected chi connectivity index (χ4v) is 1.58. The lowest BCUT2D eigenvalue weighted by Crippen LogP contribution is -2.30. The lowest BCUT2D eigenvalue weighted by Gasteiger charge is -2.07. The average molecular weight is 262 g/mol. The van der Waals surface area contributed by atoms with Crippen molar-refractivity contribution in [2.24, 2.45) is 0 Å². The van der Waals surface area contributed by atoms with E-state index in [0.717, 1.165) is 13.0 Å². The van der Waals surface area contributed by atoms with Gasteiger partial charge in [-0.05, 0) is 36.8 Å². The van der Waals surface area contributed by atoms with Gasteiger partial charge in [-0.25, -0.2) is 9.18 Å². The largest absolute Gasteiger partial charge is 0.338 e. The monoisotopic (exact) mass is 262 g/mol. The van der Waals surface area contributed by atoms with E-state index in [1.165, 1.54) is 24.3 Å². The SMILES string of the molecule is O=C(NCCCn1cccn1)Nc1ccc(F)cc1. The number of aromatic nitrogens is 2. The van der Waals surface area contributed by atoms with Gasteiger partial charge in [0.2, 0.25) is 0 Å². The number of halogens is 1. The summed E-state index contributed by atoms with van der Waals surface area (Å²) in [5.41, 5.74) is 0.561. The molecule has 0 aliphatic carbocycles. The molecule has 0 spiro atoms. The number of nitrogens with zero attached hydrogens (tertiary/aromatic N) is 2. The molecule has 0 bridgehead atoms. The number of amides is 2. The van der Waals surface area contributed by atoms with E-state index < -0.39 is 0 Å². The van der Waals surface area contributed by atoms with Gasteiger partial charge in [-0.3, -0.25) is 4.68 Å². The maximum absolute atomic E-state index is 12.7. The molecule has 0 aliphatic rings. The highest BCUT2D eigenvalue weighted by Crippen LogP contribution is 2.07. The highest BCUT2D eigenvalue weighted by molar-refractivity contribution is 5.89. The number of benzene rings is 1. The fraction of sp³-hybridized carbons (Fsp3) is 0.231. The van der Waals surface area contributed by atoms with Crippen molar-refractivity contribution >= 4 is 11.7 Å². The maximum atomic E-state index is 12.7. The van der Waals surface area contributed by atoms with Crippen molar-refractivity contribution in [3.05, 3.63) is 48.5 Å². The van der Waals surface area contributed by atoms with Gasteiger partial charge in [-0.15, -0.1) is 0 Å². The van der Waals surface area contributed by atoms with Crippen molar-refractivity contribution in [3.8, 4) is 0 Å². The van der Waals surface area contributed by atoms with E-state index >= 15 is 0 Å². The third-order valence-corrected chi connectivity index (χ3v) is 2.51. The van der Waals surface area contributed by atoms with E-state index in [2.05, 4.69) is 15.7 Å². The zero-order chi connectivity index (χ0) is 13.5. The van der Waals surface area contributed by atoms with Crippen LogP contribution in [0.25, 0.3) is 0 Å². The summed E-state index contributed by atoms with van der Waals surface area (Å²) in [7, 11) is 0. The lowest BCUT2D eigenvalue weighted by atomic mass is 10.3. The molecule has 0 saturated carbocycles. The summed E-state index contributed by atoms with van der Waals surface area (Å²) in [5, 5.41) is 9.41. The molecule has 2 aromatic rings. The second kappa shape index (κ2) is 6.53. The van der Waals surface area contributed by atoms with Crippen LogP contribution in [0, 0.1) is 5.82 Å². The molecule has 0 saturated heterocycles. The summed E-state index contributed by atoms with van der Waals surface area (Å²) < 4.78 is 14.5.